The third-order valence-electron chi connectivity index (χ3n) is 1.22. The number of carbonyl (C=O) groups excluding carboxylic acids is 1. The molecule has 0 rings (SSSR count). The Morgan fingerprint density at radius 1 is 1.82 bits per heavy atom. The topological polar surface area (TPSA) is 49.3 Å². The Bertz CT molecular complexity index is 160. The molecule has 1 amide bonds. The number of rotatable bonds is 4. The van der Waals surface area contributed by atoms with Crippen LogP contribution in [-0.4, -0.2) is 24.2 Å². The van der Waals surface area contributed by atoms with Crippen molar-refractivity contribution in [3.63, 3.8) is 0 Å². The monoisotopic (exact) mass is 155 g/mol. The van der Waals surface area contributed by atoms with Gasteiger partial charge in [0.25, 0.3) is 0 Å². The number of aliphatic hydroxyl groups is 1. The summed E-state index contributed by atoms with van der Waals surface area (Å²) in [6.07, 6.45) is 5.02. The second kappa shape index (κ2) is 5.75. The fourth-order valence-electron chi connectivity index (χ4n) is 0.508. The number of amides is 1. The maximum Gasteiger partial charge on any atom is 0.232 e. The number of hydrogen-bond donors (Lipinski definition) is 2. The van der Waals surface area contributed by atoms with E-state index in [4.69, 9.17) is 11.5 Å². The van der Waals surface area contributed by atoms with Crippen molar-refractivity contribution in [2.24, 2.45) is 5.92 Å². The minimum atomic E-state index is -0.159. The van der Waals surface area contributed by atoms with Crippen molar-refractivity contribution in [1.82, 2.24) is 5.32 Å². The van der Waals surface area contributed by atoms with Crippen molar-refractivity contribution < 1.29 is 9.90 Å². The van der Waals surface area contributed by atoms with Crippen LogP contribution >= 0.6 is 0 Å². The van der Waals surface area contributed by atoms with Crippen molar-refractivity contribution in [1.29, 1.82) is 0 Å². The maximum atomic E-state index is 10.7. The molecule has 0 aromatic heterocycles. The third-order valence-corrected chi connectivity index (χ3v) is 1.22. The Labute approximate surface area is 66.8 Å². The molecule has 11 heavy (non-hydrogen) atoms. The summed E-state index contributed by atoms with van der Waals surface area (Å²) in [6, 6.07) is 0. The van der Waals surface area contributed by atoms with E-state index in [1.165, 1.54) is 0 Å². The molecule has 0 saturated heterocycles. The average molecular weight is 155 g/mol. The average Bonchev–Trinajstić information content (AvgIpc) is 2.01. The van der Waals surface area contributed by atoms with Gasteiger partial charge >= 0.3 is 0 Å². The van der Waals surface area contributed by atoms with Crippen molar-refractivity contribution in [3.05, 3.63) is 0 Å². The Balaban J connectivity index is 3.39. The molecule has 0 aliphatic rings. The molecule has 0 heterocycles. The first-order chi connectivity index (χ1) is 5.20. The second-order valence-corrected chi connectivity index (χ2v) is 2.47. The van der Waals surface area contributed by atoms with E-state index in [9.17, 15) is 4.79 Å². The molecule has 0 aliphatic heterocycles. The van der Waals surface area contributed by atoms with Crippen molar-refractivity contribution in [2.75, 3.05) is 13.2 Å². The van der Waals surface area contributed by atoms with Gasteiger partial charge in [0.2, 0.25) is 5.91 Å². The van der Waals surface area contributed by atoms with Crippen LogP contribution in [0, 0.1) is 18.3 Å². The van der Waals surface area contributed by atoms with Crippen molar-refractivity contribution in [3.8, 4) is 12.3 Å². The maximum absolute atomic E-state index is 10.7. The quantitative estimate of drug-likeness (QED) is 0.550. The summed E-state index contributed by atoms with van der Waals surface area (Å²) in [5.74, 6) is 2.17. The first-order valence-electron chi connectivity index (χ1n) is 3.51. The highest BCUT2D eigenvalue weighted by Crippen LogP contribution is 1.88. The van der Waals surface area contributed by atoms with E-state index in [1.807, 2.05) is 6.92 Å². The minimum Gasteiger partial charge on any atom is -0.396 e. The van der Waals surface area contributed by atoms with Crippen LogP contribution in [0.3, 0.4) is 0 Å². The van der Waals surface area contributed by atoms with Crippen LogP contribution in [0.5, 0.6) is 0 Å². The molecule has 0 aliphatic carbocycles. The lowest BCUT2D eigenvalue weighted by Gasteiger charge is -2.07. The Kier molecular flexibility index (Phi) is 5.22. The second-order valence-electron chi connectivity index (χ2n) is 2.47. The van der Waals surface area contributed by atoms with Gasteiger partial charge in [-0.05, 0) is 5.92 Å². The molecule has 3 heteroatoms. The lowest BCUT2D eigenvalue weighted by Crippen LogP contribution is -2.28. The molecule has 0 spiro atoms. The van der Waals surface area contributed by atoms with Crippen LogP contribution < -0.4 is 5.32 Å². The van der Waals surface area contributed by atoms with Gasteiger partial charge in [-0.15, -0.1) is 6.42 Å². The fraction of sp³-hybridized carbons (Fsp3) is 0.625. The van der Waals surface area contributed by atoms with Crippen molar-refractivity contribution in [2.45, 2.75) is 13.3 Å². The van der Waals surface area contributed by atoms with Gasteiger partial charge in [-0.25, -0.2) is 0 Å². The molecule has 1 atom stereocenters. The highest BCUT2D eigenvalue weighted by molar-refractivity contribution is 5.78. The third kappa shape index (κ3) is 5.43. The highest BCUT2D eigenvalue weighted by Gasteiger charge is 2.01. The molecular weight excluding hydrogens is 142 g/mol. The van der Waals surface area contributed by atoms with Crippen LogP contribution in [0.4, 0.5) is 0 Å². The molecule has 0 radical (unpaired) electrons. The van der Waals surface area contributed by atoms with E-state index in [-0.39, 0.29) is 24.9 Å². The molecule has 3 nitrogen and oxygen atoms in total. The van der Waals surface area contributed by atoms with Crippen LogP contribution in [0.25, 0.3) is 0 Å². The molecule has 0 fully saturated rings. The number of terminal acetylenes is 1. The zero-order chi connectivity index (χ0) is 8.69. The summed E-state index contributed by atoms with van der Waals surface area (Å²) in [5.41, 5.74) is 0. The zero-order valence-electron chi connectivity index (χ0n) is 6.63. The summed E-state index contributed by atoms with van der Waals surface area (Å²) in [4.78, 5) is 10.7. The minimum absolute atomic E-state index is 0.0797. The fourth-order valence-corrected chi connectivity index (χ4v) is 0.508. The first kappa shape index (κ1) is 9.99. The van der Waals surface area contributed by atoms with Gasteiger partial charge in [0.15, 0.2) is 0 Å². The predicted octanol–water partition coefficient (Wildman–Crippen LogP) is -0.246. The summed E-state index contributed by atoms with van der Waals surface area (Å²) in [7, 11) is 0. The van der Waals surface area contributed by atoms with Gasteiger partial charge in [-0.2, -0.15) is 0 Å². The van der Waals surface area contributed by atoms with Gasteiger partial charge < -0.3 is 10.4 Å². The van der Waals surface area contributed by atoms with E-state index in [0.717, 1.165) is 0 Å². The van der Waals surface area contributed by atoms with Gasteiger partial charge in [-0.3, -0.25) is 4.79 Å². The molecule has 62 valence electrons. The van der Waals surface area contributed by atoms with Crippen LogP contribution in [0.15, 0.2) is 0 Å². The van der Waals surface area contributed by atoms with Crippen LogP contribution in [0.2, 0.25) is 0 Å². The molecule has 0 bridgehead atoms. The van der Waals surface area contributed by atoms with Gasteiger partial charge in [0.1, 0.15) is 0 Å². The molecular formula is C8H13NO2. The lowest BCUT2D eigenvalue weighted by molar-refractivity contribution is -0.120. The van der Waals surface area contributed by atoms with Gasteiger partial charge in [0, 0.05) is 13.2 Å². The molecule has 1 unspecified atom stereocenters. The Morgan fingerprint density at radius 3 is 2.91 bits per heavy atom. The number of hydrogen-bond acceptors (Lipinski definition) is 2. The van der Waals surface area contributed by atoms with E-state index >= 15 is 0 Å². The van der Waals surface area contributed by atoms with Gasteiger partial charge in [0.05, 0.1) is 6.42 Å². The van der Waals surface area contributed by atoms with E-state index in [1.54, 1.807) is 0 Å². The van der Waals surface area contributed by atoms with Crippen LogP contribution in [0.1, 0.15) is 13.3 Å². The van der Waals surface area contributed by atoms with E-state index < -0.39 is 0 Å². The number of nitrogens with one attached hydrogen (secondary N) is 1. The highest BCUT2D eigenvalue weighted by atomic mass is 16.3. The Hall–Kier alpha value is -1.01. The van der Waals surface area contributed by atoms with E-state index in [2.05, 4.69) is 11.2 Å². The summed E-state index contributed by atoms with van der Waals surface area (Å²) < 4.78 is 0. The zero-order valence-corrected chi connectivity index (χ0v) is 6.63. The van der Waals surface area contributed by atoms with Crippen molar-refractivity contribution >= 4 is 5.91 Å². The summed E-state index contributed by atoms with van der Waals surface area (Å²) in [5, 5.41) is 11.2. The van der Waals surface area contributed by atoms with E-state index in [0.29, 0.717) is 6.54 Å². The first-order valence-corrected chi connectivity index (χ1v) is 3.51. The number of carbonyl (C=O) groups is 1. The SMILES string of the molecule is C#CCC(=O)NCC(C)CO. The van der Waals surface area contributed by atoms with Gasteiger partial charge in [-0.1, -0.05) is 12.8 Å². The lowest BCUT2D eigenvalue weighted by atomic mass is 10.2. The smallest absolute Gasteiger partial charge is 0.232 e. The molecule has 0 saturated carbocycles. The molecule has 2 N–H and O–H groups in total. The van der Waals surface area contributed by atoms with Crippen LogP contribution in [-0.2, 0) is 4.79 Å². The largest absolute Gasteiger partial charge is 0.396 e. The Morgan fingerprint density at radius 2 is 2.45 bits per heavy atom. The molecule has 0 aromatic carbocycles. The predicted molar refractivity (Wildman–Crippen MR) is 42.7 cm³/mol. The summed E-state index contributed by atoms with van der Waals surface area (Å²) in [6.45, 7) is 2.41. The standard InChI is InChI=1S/C8H13NO2/c1-3-4-8(11)9-5-7(2)6-10/h1,7,10H,4-6H2,2H3,(H,9,11). The molecule has 0 aromatic rings. The number of aliphatic hydroxyl groups excluding tert-OH is 1. The summed E-state index contributed by atoms with van der Waals surface area (Å²) >= 11 is 0. The normalized spacial score (nSPS) is 11.7.